The minimum atomic E-state index is 0.369. The van der Waals surface area contributed by atoms with E-state index in [-0.39, 0.29) is 0 Å². The number of rotatable bonds is 7. The molecule has 0 fully saturated rings. The zero-order chi connectivity index (χ0) is 14.9. The SMILES string of the molecule is COc1ccccc1OCCOc1ccccc1C=NO. The molecule has 0 bridgehead atoms. The molecule has 0 radical (unpaired) electrons. The zero-order valence-corrected chi connectivity index (χ0v) is 11.7. The smallest absolute Gasteiger partial charge is 0.161 e. The van der Waals surface area contributed by atoms with Crippen LogP contribution in [-0.2, 0) is 0 Å². The third kappa shape index (κ3) is 4.14. The van der Waals surface area contributed by atoms with Crippen LogP contribution < -0.4 is 14.2 Å². The van der Waals surface area contributed by atoms with Crippen LogP contribution in [0.4, 0.5) is 0 Å². The monoisotopic (exact) mass is 287 g/mol. The number of hydrogen-bond acceptors (Lipinski definition) is 5. The van der Waals surface area contributed by atoms with Gasteiger partial charge >= 0.3 is 0 Å². The van der Waals surface area contributed by atoms with E-state index in [2.05, 4.69) is 5.16 Å². The fourth-order valence-electron chi connectivity index (χ4n) is 1.82. The lowest BCUT2D eigenvalue weighted by Crippen LogP contribution is -2.10. The number of nitrogens with zero attached hydrogens (tertiary/aromatic N) is 1. The molecule has 0 unspecified atom stereocenters. The van der Waals surface area contributed by atoms with Crippen molar-refractivity contribution in [2.24, 2.45) is 5.16 Å². The molecule has 5 nitrogen and oxygen atoms in total. The lowest BCUT2D eigenvalue weighted by Gasteiger charge is -2.12. The largest absolute Gasteiger partial charge is 0.493 e. The van der Waals surface area contributed by atoms with Gasteiger partial charge in [0.2, 0.25) is 0 Å². The van der Waals surface area contributed by atoms with Crippen molar-refractivity contribution < 1.29 is 19.4 Å². The summed E-state index contributed by atoms with van der Waals surface area (Å²) in [6.45, 7) is 0.749. The molecule has 1 N–H and O–H groups in total. The highest BCUT2D eigenvalue weighted by Gasteiger charge is 2.03. The lowest BCUT2D eigenvalue weighted by atomic mass is 10.2. The predicted octanol–water partition coefficient (Wildman–Crippen LogP) is 2.96. The predicted molar refractivity (Wildman–Crippen MR) is 79.8 cm³/mol. The van der Waals surface area contributed by atoms with E-state index in [1.807, 2.05) is 36.4 Å². The van der Waals surface area contributed by atoms with Crippen molar-refractivity contribution in [1.82, 2.24) is 0 Å². The summed E-state index contributed by atoms with van der Waals surface area (Å²) in [6, 6.07) is 14.7. The summed E-state index contributed by atoms with van der Waals surface area (Å²) in [4.78, 5) is 0. The van der Waals surface area contributed by atoms with Crippen molar-refractivity contribution in [3.8, 4) is 17.2 Å². The first kappa shape index (κ1) is 14.7. The van der Waals surface area contributed by atoms with Crippen LogP contribution >= 0.6 is 0 Å². The van der Waals surface area contributed by atoms with Crippen LogP contribution in [-0.4, -0.2) is 31.7 Å². The first-order chi connectivity index (χ1) is 10.3. The van der Waals surface area contributed by atoms with Gasteiger partial charge in [0.25, 0.3) is 0 Å². The number of methoxy groups -OCH3 is 1. The molecule has 0 aromatic heterocycles. The Balaban J connectivity index is 1.88. The van der Waals surface area contributed by atoms with Crippen molar-refractivity contribution in [1.29, 1.82) is 0 Å². The maximum Gasteiger partial charge on any atom is 0.161 e. The molecule has 0 atom stereocenters. The van der Waals surface area contributed by atoms with Gasteiger partial charge in [-0.1, -0.05) is 29.4 Å². The van der Waals surface area contributed by atoms with Gasteiger partial charge in [-0.2, -0.15) is 0 Å². The number of ether oxygens (including phenoxy) is 3. The van der Waals surface area contributed by atoms with Crippen LogP contribution in [0.5, 0.6) is 17.2 Å². The van der Waals surface area contributed by atoms with Crippen molar-refractivity contribution in [2.45, 2.75) is 0 Å². The Morgan fingerprint density at radius 1 is 0.905 bits per heavy atom. The Morgan fingerprint density at radius 2 is 1.48 bits per heavy atom. The fourth-order valence-corrected chi connectivity index (χ4v) is 1.82. The van der Waals surface area contributed by atoms with Crippen molar-refractivity contribution in [3.63, 3.8) is 0 Å². The maximum absolute atomic E-state index is 8.60. The molecule has 0 aliphatic carbocycles. The van der Waals surface area contributed by atoms with E-state index in [0.29, 0.717) is 36.0 Å². The molecule has 21 heavy (non-hydrogen) atoms. The summed E-state index contributed by atoms with van der Waals surface area (Å²) in [5.74, 6) is 2.00. The molecule has 0 aliphatic heterocycles. The minimum Gasteiger partial charge on any atom is -0.493 e. The van der Waals surface area contributed by atoms with Crippen LogP contribution in [0.15, 0.2) is 53.7 Å². The van der Waals surface area contributed by atoms with Crippen molar-refractivity contribution in [3.05, 3.63) is 54.1 Å². The molecule has 0 aliphatic rings. The van der Waals surface area contributed by atoms with Gasteiger partial charge in [-0.25, -0.2) is 0 Å². The second-order valence-corrected chi connectivity index (χ2v) is 4.13. The normalized spacial score (nSPS) is 10.5. The first-order valence-corrected chi connectivity index (χ1v) is 6.50. The lowest BCUT2D eigenvalue weighted by molar-refractivity contribution is 0.211. The van der Waals surface area contributed by atoms with Gasteiger partial charge < -0.3 is 19.4 Å². The number of para-hydroxylation sites is 3. The van der Waals surface area contributed by atoms with Gasteiger partial charge in [0.15, 0.2) is 11.5 Å². The van der Waals surface area contributed by atoms with Crippen LogP contribution in [0.3, 0.4) is 0 Å². The molecule has 0 spiro atoms. The first-order valence-electron chi connectivity index (χ1n) is 6.50. The zero-order valence-electron chi connectivity index (χ0n) is 11.7. The quantitative estimate of drug-likeness (QED) is 0.368. The average Bonchev–Trinajstić information content (AvgIpc) is 2.53. The van der Waals surface area contributed by atoms with Gasteiger partial charge in [-0.05, 0) is 24.3 Å². The molecule has 5 heteroatoms. The van der Waals surface area contributed by atoms with Gasteiger partial charge in [0.1, 0.15) is 19.0 Å². The third-order valence-electron chi connectivity index (χ3n) is 2.78. The highest BCUT2D eigenvalue weighted by Crippen LogP contribution is 2.25. The maximum atomic E-state index is 8.60. The Bertz CT molecular complexity index is 598. The molecule has 110 valence electrons. The highest BCUT2D eigenvalue weighted by molar-refractivity contribution is 5.82. The summed E-state index contributed by atoms with van der Waals surface area (Å²) in [6.07, 6.45) is 1.33. The molecule has 0 saturated carbocycles. The van der Waals surface area contributed by atoms with E-state index < -0.39 is 0 Å². The van der Waals surface area contributed by atoms with E-state index in [9.17, 15) is 0 Å². The molecule has 0 saturated heterocycles. The molecule has 2 aromatic rings. The summed E-state index contributed by atoms with van der Waals surface area (Å²) in [5, 5.41) is 11.6. The molecular formula is C16H17NO4. The van der Waals surface area contributed by atoms with E-state index in [1.54, 1.807) is 19.2 Å². The van der Waals surface area contributed by atoms with E-state index >= 15 is 0 Å². The Kier molecular flexibility index (Phi) is 5.46. The molecule has 2 rings (SSSR count). The second-order valence-electron chi connectivity index (χ2n) is 4.13. The Morgan fingerprint density at radius 3 is 2.14 bits per heavy atom. The van der Waals surface area contributed by atoms with Gasteiger partial charge in [-0.3, -0.25) is 0 Å². The molecule has 0 heterocycles. The Labute approximate surface area is 123 Å². The average molecular weight is 287 g/mol. The van der Waals surface area contributed by atoms with E-state index in [0.717, 1.165) is 0 Å². The number of hydrogen-bond donors (Lipinski definition) is 1. The topological polar surface area (TPSA) is 60.3 Å². The standard InChI is InChI=1S/C16H17NO4/c1-19-15-8-4-5-9-16(15)21-11-10-20-14-7-3-2-6-13(14)12-17-18/h2-9,12,18H,10-11H2,1H3. The van der Waals surface area contributed by atoms with Crippen LogP contribution in [0, 0.1) is 0 Å². The second kappa shape index (κ2) is 7.79. The van der Waals surface area contributed by atoms with E-state index in [1.165, 1.54) is 6.21 Å². The minimum absolute atomic E-state index is 0.369. The number of benzene rings is 2. The summed E-state index contributed by atoms with van der Waals surface area (Å²) in [5.41, 5.74) is 0.706. The number of oxime groups is 1. The summed E-state index contributed by atoms with van der Waals surface area (Å²) in [7, 11) is 1.60. The summed E-state index contributed by atoms with van der Waals surface area (Å²) >= 11 is 0. The molecule has 2 aromatic carbocycles. The van der Waals surface area contributed by atoms with Gasteiger partial charge in [0, 0.05) is 5.56 Å². The summed E-state index contributed by atoms with van der Waals surface area (Å²) < 4.78 is 16.4. The highest BCUT2D eigenvalue weighted by atomic mass is 16.5. The fraction of sp³-hybridized carbons (Fsp3) is 0.188. The van der Waals surface area contributed by atoms with Crippen LogP contribution in [0.25, 0.3) is 0 Å². The van der Waals surface area contributed by atoms with Gasteiger partial charge in [-0.15, -0.1) is 0 Å². The third-order valence-corrected chi connectivity index (χ3v) is 2.78. The van der Waals surface area contributed by atoms with E-state index in [4.69, 9.17) is 19.4 Å². The molecule has 0 amide bonds. The van der Waals surface area contributed by atoms with Gasteiger partial charge in [0.05, 0.1) is 13.3 Å². The van der Waals surface area contributed by atoms with Crippen LogP contribution in [0.2, 0.25) is 0 Å². The van der Waals surface area contributed by atoms with Crippen molar-refractivity contribution in [2.75, 3.05) is 20.3 Å². The van der Waals surface area contributed by atoms with Crippen molar-refractivity contribution >= 4 is 6.21 Å². The molecular weight excluding hydrogens is 270 g/mol. The van der Waals surface area contributed by atoms with Crippen LogP contribution in [0.1, 0.15) is 5.56 Å². The Hall–Kier alpha value is -2.69.